The molecule has 1 amide bonds. The summed E-state index contributed by atoms with van der Waals surface area (Å²) in [5.41, 5.74) is 0. The minimum absolute atomic E-state index is 0.158. The van der Waals surface area contributed by atoms with Crippen LogP contribution in [0.3, 0.4) is 0 Å². The van der Waals surface area contributed by atoms with Crippen LogP contribution in [0.15, 0.2) is 0 Å². The van der Waals surface area contributed by atoms with Gasteiger partial charge >= 0.3 is 0 Å². The monoisotopic (exact) mass is 259 g/mol. The van der Waals surface area contributed by atoms with Crippen molar-refractivity contribution in [3.63, 3.8) is 0 Å². The minimum atomic E-state index is 0.158. The molecule has 3 nitrogen and oxygen atoms in total. The van der Waals surface area contributed by atoms with Gasteiger partial charge in [0.05, 0.1) is 0 Å². The van der Waals surface area contributed by atoms with Gasteiger partial charge in [-0.15, -0.1) is 0 Å². The van der Waals surface area contributed by atoms with Gasteiger partial charge in [0.2, 0.25) is 5.91 Å². The molecule has 0 saturated carbocycles. The van der Waals surface area contributed by atoms with Crippen LogP contribution in [0.1, 0.15) is 60.8 Å². The van der Waals surface area contributed by atoms with Gasteiger partial charge in [-0.25, -0.2) is 0 Å². The molecule has 0 bridgehead atoms. The van der Waals surface area contributed by atoms with Gasteiger partial charge < -0.3 is 9.64 Å². The fraction of sp³-hybridized carbons (Fsp3) is 0.933. The molecular weight excluding hydrogens is 226 g/mol. The third kappa shape index (κ3) is 9.46. The van der Waals surface area contributed by atoms with Crippen molar-refractivity contribution in [2.75, 3.05) is 26.3 Å². The normalized spacial score (nSPS) is 15.1. The Kier molecular flexibility index (Phi) is 15.9. The molecule has 1 aliphatic rings. The SMILES string of the molecule is CC.CC.CCCOCC(=O)N1CCC(C)CC1. The van der Waals surface area contributed by atoms with Gasteiger partial charge in [-0.1, -0.05) is 41.5 Å². The zero-order valence-corrected chi connectivity index (χ0v) is 13.3. The van der Waals surface area contributed by atoms with Crippen molar-refractivity contribution in [3.05, 3.63) is 0 Å². The van der Waals surface area contributed by atoms with Crippen molar-refractivity contribution < 1.29 is 9.53 Å². The summed E-state index contributed by atoms with van der Waals surface area (Å²) in [5.74, 6) is 0.931. The average molecular weight is 259 g/mol. The van der Waals surface area contributed by atoms with Gasteiger partial charge in [-0.2, -0.15) is 0 Å². The van der Waals surface area contributed by atoms with Gasteiger partial charge in [0.1, 0.15) is 6.61 Å². The first-order valence-corrected chi connectivity index (χ1v) is 7.59. The zero-order chi connectivity index (χ0) is 14.4. The summed E-state index contributed by atoms with van der Waals surface area (Å²) in [6.45, 7) is 15.1. The molecule has 3 heteroatoms. The van der Waals surface area contributed by atoms with E-state index < -0.39 is 0 Å². The van der Waals surface area contributed by atoms with Gasteiger partial charge in [-0.3, -0.25) is 4.79 Å². The fourth-order valence-corrected chi connectivity index (χ4v) is 1.65. The minimum Gasteiger partial charge on any atom is -0.372 e. The summed E-state index contributed by atoms with van der Waals surface area (Å²) >= 11 is 0. The highest BCUT2D eigenvalue weighted by Crippen LogP contribution is 2.15. The number of nitrogens with zero attached hydrogens (tertiary/aromatic N) is 1. The number of piperidine rings is 1. The van der Waals surface area contributed by atoms with E-state index in [0.717, 1.165) is 38.3 Å². The molecule has 0 aromatic carbocycles. The fourth-order valence-electron chi connectivity index (χ4n) is 1.65. The van der Waals surface area contributed by atoms with Crippen LogP contribution < -0.4 is 0 Å². The molecule has 0 unspecified atom stereocenters. The molecule has 1 rings (SSSR count). The lowest BCUT2D eigenvalue weighted by Gasteiger charge is -2.30. The Labute approximate surface area is 114 Å². The predicted octanol–water partition coefficient (Wildman–Crippen LogP) is 3.72. The Morgan fingerprint density at radius 3 is 2.11 bits per heavy atom. The second kappa shape index (κ2) is 14.5. The largest absolute Gasteiger partial charge is 0.372 e. The standard InChI is InChI=1S/C11H21NO2.2C2H6/c1-3-8-14-9-11(13)12-6-4-10(2)5-7-12;2*1-2/h10H,3-9H2,1-2H3;2*1-2H3. The molecule has 1 aliphatic heterocycles. The Hall–Kier alpha value is -0.570. The molecule has 18 heavy (non-hydrogen) atoms. The lowest BCUT2D eigenvalue weighted by Crippen LogP contribution is -2.40. The van der Waals surface area contributed by atoms with E-state index in [0.29, 0.717) is 6.61 Å². The molecule has 0 N–H and O–H groups in total. The van der Waals surface area contributed by atoms with Crippen molar-refractivity contribution in [2.45, 2.75) is 60.8 Å². The van der Waals surface area contributed by atoms with Crippen LogP contribution in [0.5, 0.6) is 0 Å². The molecule has 0 aliphatic carbocycles. The summed E-state index contributed by atoms with van der Waals surface area (Å²) < 4.78 is 5.23. The van der Waals surface area contributed by atoms with Gasteiger partial charge in [-0.05, 0) is 25.2 Å². The molecule has 0 radical (unpaired) electrons. The highest BCUT2D eigenvalue weighted by atomic mass is 16.5. The first-order valence-electron chi connectivity index (χ1n) is 7.59. The third-order valence-corrected chi connectivity index (χ3v) is 2.71. The average Bonchev–Trinajstić information content (AvgIpc) is 2.44. The molecule has 1 saturated heterocycles. The molecule has 0 aromatic heterocycles. The highest BCUT2D eigenvalue weighted by molar-refractivity contribution is 5.77. The smallest absolute Gasteiger partial charge is 0.248 e. The molecule has 0 atom stereocenters. The Morgan fingerprint density at radius 2 is 1.67 bits per heavy atom. The maximum absolute atomic E-state index is 11.6. The highest BCUT2D eigenvalue weighted by Gasteiger charge is 2.19. The Balaban J connectivity index is 0. The zero-order valence-electron chi connectivity index (χ0n) is 13.3. The topological polar surface area (TPSA) is 29.5 Å². The Bertz CT molecular complexity index is 175. The van der Waals surface area contributed by atoms with Gasteiger partial charge in [0, 0.05) is 19.7 Å². The summed E-state index contributed by atoms with van der Waals surface area (Å²) in [7, 11) is 0. The van der Waals surface area contributed by atoms with Gasteiger partial charge in [0.15, 0.2) is 0 Å². The number of ether oxygens (including phenoxy) is 1. The molecule has 110 valence electrons. The van der Waals surface area contributed by atoms with Crippen molar-refractivity contribution in [1.29, 1.82) is 0 Å². The van der Waals surface area contributed by atoms with Crippen molar-refractivity contribution in [2.24, 2.45) is 5.92 Å². The number of hydrogen-bond donors (Lipinski definition) is 0. The maximum Gasteiger partial charge on any atom is 0.248 e. The van der Waals surface area contributed by atoms with Crippen molar-refractivity contribution >= 4 is 5.91 Å². The third-order valence-electron chi connectivity index (χ3n) is 2.71. The molecular formula is C15H33NO2. The lowest BCUT2D eigenvalue weighted by molar-refractivity contribution is -0.137. The number of amides is 1. The van der Waals surface area contributed by atoms with E-state index >= 15 is 0 Å². The summed E-state index contributed by atoms with van der Waals surface area (Å²) in [6.07, 6.45) is 3.25. The second-order valence-corrected chi connectivity index (χ2v) is 4.12. The van der Waals surface area contributed by atoms with E-state index in [4.69, 9.17) is 4.74 Å². The van der Waals surface area contributed by atoms with Crippen LogP contribution in [0.25, 0.3) is 0 Å². The van der Waals surface area contributed by atoms with Crippen LogP contribution in [-0.2, 0) is 9.53 Å². The lowest BCUT2D eigenvalue weighted by atomic mass is 9.99. The molecule has 1 fully saturated rings. The van der Waals surface area contributed by atoms with E-state index in [2.05, 4.69) is 6.92 Å². The van der Waals surface area contributed by atoms with E-state index in [1.165, 1.54) is 0 Å². The summed E-state index contributed by atoms with van der Waals surface area (Å²) in [5, 5.41) is 0. The van der Waals surface area contributed by atoms with Crippen molar-refractivity contribution in [3.8, 4) is 0 Å². The van der Waals surface area contributed by atoms with Crippen LogP contribution in [0, 0.1) is 5.92 Å². The Morgan fingerprint density at radius 1 is 1.17 bits per heavy atom. The summed E-state index contributed by atoms with van der Waals surface area (Å²) in [6, 6.07) is 0. The number of rotatable bonds is 4. The first kappa shape index (κ1) is 19.8. The van der Waals surface area contributed by atoms with E-state index in [9.17, 15) is 4.79 Å². The second-order valence-electron chi connectivity index (χ2n) is 4.12. The van der Waals surface area contributed by atoms with E-state index in [1.807, 2.05) is 39.5 Å². The van der Waals surface area contributed by atoms with Crippen LogP contribution >= 0.6 is 0 Å². The molecule has 1 heterocycles. The quantitative estimate of drug-likeness (QED) is 0.720. The molecule has 0 aromatic rings. The maximum atomic E-state index is 11.6. The van der Waals surface area contributed by atoms with Gasteiger partial charge in [0.25, 0.3) is 0 Å². The van der Waals surface area contributed by atoms with Crippen LogP contribution in [0.4, 0.5) is 0 Å². The molecule has 0 spiro atoms. The van der Waals surface area contributed by atoms with Crippen molar-refractivity contribution in [1.82, 2.24) is 4.90 Å². The number of likely N-dealkylation sites (tertiary alicyclic amines) is 1. The number of carbonyl (C=O) groups excluding carboxylic acids is 1. The van der Waals surface area contributed by atoms with Crippen LogP contribution in [0.2, 0.25) is 0 Å². The number of hydrogen-bond acceptors (Lipinski definition) is 2. The van der Waals surface area contributed by atoms with E-state index in [1.54, 1.807) is 0 Å². The van der Waals surface area contributed by atoms with E-state index in [-0.39, 0.29) is 12.5 Å². The predicted molar refractivity (Wildman–Crippen MR) is 78.8 cm³/mol. The summed E-state index contributed by atoms with van der Waals surface area (Å²) in [4.78, 5) is 13.5. The number of carbonyl (C=O) groups is 1. The van der Waals surface area contributed by atoms with Crippen LogP contribution in [-0.4, -0.2) is 37.1 Å². The first-order chi connectivity index (χ1) is 8.74.